The zero-order valence-corrected chi connectivity index (χ0v) is 16.8. The maximum absolute atomic E-state index is 12.4. The molecule has 0 saturated carbocycles. The Morgan fingerprint density at radius 3 is 2.03 bits per heavy atom. The number of benzene rings is 3. The molecule has 3 aromatic rings. The highest BCUT2D eigenvalue weighted by Gasteiger charge is 2.09. The van der Waals surface area contributed by atoms with Gasteiger partial charge in [-0.2, -0.15) is 0 Å². The van der Waals surface area contributed by atoms with Crippen molar-refractivity contribution in [2.75, 3.05) is 0 Å². The van der Waals surface area contributed by atoms with Crippen molar-refractivity contribution in [3.63, 3.8) is 0 Å². The summed E-state index contributed by atoms with van der Waals surface area (Å²) in [5.41, 5.74) is 5.25. The Morgan fingerprint density at radius 1 is 0.862 bits per heavy atom. The average Bonchev–Trinajstić information content (AvgIpc) is 2.77. The Morgan fingerprint density at radius 2 is 1.45 bits per heavy atom. The molecule has 0 aliphatic heterocycles. The van der Waals surface area contributed by atoms with Crippen LogP contribution in [0.15, 0.2) is 97.6 Å². The van der Waals surface area contributed by atoms with Gasteiger partial charge in [0.15, 0.2) is 0 Å². The molecule has 3 aromatic carbocycles. The van der Waals surface area contributed by atoms with Crippen LogP contribution in [0.1, 0.15) is 34.8 Å². The van der Waals surface area contributed by atoms with Gasteiger partial charge >= 0.3 is 5.97 Å². The summed E-state index contributed by atoms with van der Waals surface area (Å²) in [6, 6.07) is 23.7. The second-order valence-corrected chi connectivity index (χ2v) is 6.91. The molecule has 146 valence electrons. The molecule has 29 heavy (non-hydrogen) atoms. The minimum absolute atomic E-state index is 0.345. The quantitative estimate of drug-likeness (QED) is 0.243. The topological polar surface area (TPSA) is 26.3 Å². The number of carbonyl (C=O) groups excluding carboxylic acids is 1. The maximum Gasteiger partial charge on any atom is 0.343 e. The summed E-state index contributed by atoms with van der Waals surface area (Å²) < 4.78 is 5.51. The van der Waals surface area contributed by atoms with Gasteiger partial charge in [0.2, 0.25) is 0 Å². The lowest BCUT2D eigenvalue weighted by atomic mass is 10.0. The fraction of sp³-hybridized carbons (Fsp3) is 0.148. The molecule has 0 bridgehead atoms. The molecule has 0 N–H and O–H groups in total. The van der Waals surface area contributed by atoms with Crippen LogP contribution in [0.3, 0.4) is 0 Å². The molecule has 0 unspecified atom stereocenters. The van der Waals surface area contributed by atoms with Crippen molar-refractivity contribution in [3.05, 3.63) is 114 Å². The van der Waals surface area contributed by atoms with Crippen molar-refractivity contribution in [3.8, 4) is 16.9 Å². The standard InChI is InChI=1S/C27H26O2/c1-3-5-7-21-9-13-23(14-10-21)24-17-19-26(20-18-24)29-27(28)25-15-11-22(12-16-25)8-6-4-2/h3-4,6,9-20H,1,5,7-8H2,2H3/b6-4-. The van der Waals surface area contributed by atoms with Crippen molar-refractivity contribution >= 4 is 5.97 Å². The third-order valence-electron chi connectivity index (χ3n) is 4.77. The molecule has 2 heteroatoms. The number of aryl methyl sites for hydroxylation is 1. The smallest absolute Gasteiger partial charge is 0.343 e. The minimum Gasteiger partial charge on any atom is -0.423 e. The van der Waals surface area contributed by atoms with Gasteiger partial charge in [-0.25, -0.2) is 4.79 Å². The Kier molecular flexibility index (Phi) is 7.18. The summed E-state index contributed by atoms with van der Waals surface area (Å²) >= 11 is 0. The molecule has 0 heterocycles. The molecule has 0 fully saturated rings. The van der Waals surface area contributed by atoms with Gasteiger partial charge in [-0.15, -0.1) is 6.58 Å². The monoisotopic (exact) mass is 382 g/mol. The Balaban J connectivity index is 1.62. The van der Waals surface area contributed by atoms with E-state index in [9.17, 15) is 4.79 Å². The van der Waals surface area contributed by atoms with Gasteiger partial charge in [0.25, 0.3) is 0 Å². The van der Waals surface area contributed by atoms with Crippen LogP contribution in [0.2, 0.25) is 0 Å². The molecule has 2 nitrogen and oxygen atoms in total. The van der Waals surface area contributed by atoms with Crippen molar-refractivity contribution < 1.29 is 9.53 Å². The molecule has 0 aliphatic carbocycles. The molecular weight excluding hydrogens is 356 g/mol. The first-order valence-electron chi connectivity index (χ1n) is 9.92. The van der Waals surface area contributed by atoms with Crippen molar-refractivity contribution in [2.24, 2.45) is 0 Å². The van der Waals surface area contributed by atoms with Crippen LogP contribution < -0.4 is 4.74 Å². The molecule has 0 radical (unpaired) electrons. The van der Waals surface area contributed by atoms with E-state index in [-0.39, 0.29) is 5.97 Å². The number of esters is 1. The number of rotatable bonds is 8. The first kappa shape index (κ1) is 20.3. The first-order valence-corrected chi connectivity index (χ1v) is 9.92. The highest BCUT2D eigenvalue weighted by Crippen LogP contribution is 2.24. The van der Waals surface area contributed by atoms with Gasteiger partial charge in [0, 0.05) is 0 Å². The zero-order valence-electron chi connectivity index (χ0n) is 16.8. The molecule has 3 rings (SSSR count). The van der Waals surface area contributed by atoms with Gasteiger partial charge in [-0.1, -0.05) is 66.8 Å². The van der Waals surface area contributed by atoms with Gasteiger partial charge in [-0.3, -0.25) is 0 Å². The molecule has 0 aromatic heterocycles. The Labute approximate surface area is 173 Å². The number of hydrogen-bond acceptors (Lipinski definition) is 2. The van der Waals surface area contributed by atoms with Crippen LogP contribution >= 0.6 is 0 Å². The molecular formula is C27H26O2. The van der Waals surface area contributed by atoms with Crippen LogP contribution in [0.25, 0.3) is 11.1 Å². The average molecular weight is 383 g/mol. The SMILES string of the molecule is C=CCCc1ccc(-c2ccc(OC(=O)c3ccc(C/C=C\C)cc3)cc2)cc1. The number of hydrogen-bond donors (Lipinski definition) is 0. The van der Waals surface area contributed by atoms with Gasteiger partial charge in [0.1, 0.15) is 5.75 Å². The molecule has 0 spiro atoms. The molecule has 0 atom stereocenters. The summed E-state index contributed by atoms with van der Waals surface area (Å²) in [5.74, 6) is 0.196. The van der Waals surface area contributed by atoms with E-state index in [0.29, 0.717) is 11.3 Å². The second-order valence-electron chi connectivity index (χ2n) is 6.91. The number of carbonyl (C=O) groups is 1. The normalized spacial score (nSPS) is 10.8. The minimum atomic E-state index is -0.345. The van der Waals surface area contributed by atoms with Crippen LogP contribution in [0, 0.1) is 0 Å². The summed E-state index contributed by atoms with van der Waals surface area (Å²) in [6.45, 7) is 5.76. The van der Waals surface area contributed by atoms with Crippen molar-refractivity contribution in [2.45, 2.75) is 26.2 Å². The lowest BCUT2D eigenvalue weighted by molar-refractivity contribution is 0.0735. The van der Waals surface area contributed by atoms with E-state index in [2.05, 4.69) is 36.9 Å². The van der Waals surface area contributed by atoms with E-state index in [4.69, 9.17) is 4.74 Å². The molecule has 0 saturated heterocycles. The second kappa shape index (κ2) is 10.2. The van der Waals surface area contributed by atoms with E-state index in [1.165, 1.54) is 11.1 Å². The number of ether oxygens (including phenoxy) is 1. The highest BCUT2D eigenvalue weighted by molar-refractivity contribution is 5.91. The van der Waals surface area contributed by atoms with Gasteiger partial charge < -0.3 is 4.74 Å². The molecule has 0 amide bonds. The van der Waals surface area contributed by atoms with Crippen molar-refractivity contribution in [1.82, 2.24) is 0 Å². The predicted molar refractivity (Wildman–Crippen MR) is 120 cm³/mol. The fourth-order valence-electron chi connectivity index (χ4n) is 3.04. The lowest BCUT2D eigenvalue weighted by Gasteiger charge is -2.07. The van der Waals surface area contributed by atoms with E-state index in [0.717, 1.165) is 30.4 Å². The van der Waals surface area contributed by atoms with Gasteiger partial charge in [-0.05, 0) is 72.7 Å². The highest BCUT2D eigenvalue weighted by atomic mass is 16.5. The summed E-state index contributed by atoms with van der Waals surface area (Å²) in [6.07, 6.45) is 8.90. The Bertz CT molecular complexity index is 963. The largest absolute Gasteiger partial charge is 0.423 e. The predicted octanol–water partition coefficient (Wildman–Crippen LogP) is 6.81. The van der Waals surface area contributed by atoms with E-state index < -0.39 is 0 Å². The van der Waals surface area contributed by atoms with Crippen LogP contribution in [0.5, 0.6) is 5.75 Å². The van der Waals surface area contributed by atoms with E-state index in [1.807, 2.05) is 67.6 Å². The Hall–Kier alpha value is -3.39. The van der Waals surface area contributed by atoms with Crippen LogP contribution in [-0.4, -0.2) is 5.97 Å². The van der Waals surface area contributed by atoms with E-state index in [1.54, 1.807) is 0 Å². The van der Waals surface area contributed by atoms with Crippen molar-refractivity contribution in [1.29, 1.82) is 0 Å². The lowest BCUT2D eigenvalue weighted by Crippen LogP contribution is -2.08. The van der Waals surface area contributed by atoms with E-state index >= 15 is 0 Å². The fourth-order valence-corrected chi connectivity index (χ4v) is 3.04. The van der Waals surface area contributed by atoms with Crippen LogP contribution in [0.4, 0.5) is 0 Å². The first-order chi connectivity index (χ1) is 14.2. The van der Waals surface area contributed by atoms with Gasteiger partial charge in [0.05, 0.1) is 5.56 Å². The molecule has 0 aliphatic rings. The van der Waals surface area contributed by atoms with Crippen LogP contribution in [-0.2, 0) is 12.8 Å². The zero-order chi connectivity index (χ0) is 20.5. The summed E-state index contributed by atoms with van der Waals surface area (Å²) in [4.78, 5) is 12.4. The maximum atomic E-state index is 12.4. The summed E-state index contributed by atoms with van der Waals surface area (Å²) in [7, 11) is 0. The third kappa shape index (κ3) is 5.79. The number of allylic oxidation sites excluding steroid dienone is 3. The third-order valence-corrected chi connectivity index (χ3v) is 4.77. The summed E-state index contributed by atoms with van der Waals surface area (Å²) in [5, 5.41) is 0.